The highest BCUT2D eigenvalue weighted by Gasteiger charge is 2.03. The molecule has 0 unspecified atom stereocenters. The van der Waals surface area contributed by atoms with Gasteiger partial charge in [0.05, 0.1) is 0 Å². The van der Waals surface area contributed by atoms with Gasteiger partial charge in [0.1, 0.15) is 17.5 Å². The quantitative estimate of drug-likeness (QED) is 0.590. The Balaban J connectivity index is 2.29. The second-order valence-corrected chi connectivity index (χ2v) is 6.08. The van der Waals surface area contributed by atoms with Crippen molar-refractivity contribution in [3.8, 4) is 0 Å². The molecule has 0 fully saturated rings. The molecule has 0 amide bonds. The Hall–Kier alpha value is -1.32. The summed E-state index contributed by atoms with van der Waals surface area (Å²) in [5.74, 6) is 3.60. The van der Waals surface area contributed by atoms with Crippen molar-refractivity contribution >= 4 is 11.6 Å². The van der Waals surface area contributed by atoms with Crippen LogP contribution >= 0.6 is 0 Å². The van der Waals surface area contributed by atoms with Gasteiger partial charge in [-0.2, -0.15) is 0 Å². The van der Waals surface area contributed by atoms with E-state index in [0.717, 1.165) is 42.8 Å². The minimum atomic E-state index is 0.834. The molecule has 0 radical (unpaired) electrons. The highest BCUT2D eigenvalue weighted by Crippen LogP contribution is 2.13. The third kappa shape index (κ3) is 7.88. The van der Waals surface area contributed by atoms with Crippen molar-refractivity contribution < 1.29 is 0 Å². The molecule has 0 saturated heterocycles. The van der Waals surface area contributed by atoms with E-state index in [4.69, 9.17) is 0 Å². The standard InChI is InChI=1S/C17H32N4/c1-5-10-15-20-16(18-4)13-17(21-15)19-12-9-7-6-8-11-14(2)3/h13-14H,5-12H2,1-4H3,(H2,18,19,20,21). The number of aryl methyl sites for hydroxylation is 1. The Morgan fingerprint density at radius 2 is 1.76 bits per heavy atom. The fraction of sp³-hybridized carbons (Fsp3) is 0.765. The third-order valence-electron chi connectivity index (χ3n) is 3.52. The van der Waals surface area contributed by atoms with Crippen molar-refractivity contribution in [2.45, 2.75) is 65.7 Å². The summed E-state index contributed by atoms with van der Waals surface area (Å²) in [4.78, 5) is 9.03. The molecule has 0 bridgehead atoms. The zero-order chi connectivity index (χ0) is 15.5. The van der Waals surface area contributed by atoms with Crippen molar-refractivity contribution in [2.24, 2.45) is 5.92 Å². The lowest BCUT2D eigenvalue weighted by Crippen LogP contribution is -2.08. The van der Waals surface area contributed by atoms with Gasteiger partial charge in [-0.1, -0.05) is 46.5 Å². The number of unbranched alkanes of at least 4 members (excludes halogenated alkanes) is 3. The molecule has 4 nitrogen and oxygen atoms in total. The molecular formula is C17H32N4. The Morgan fingerprint density at radius 1 is 1.05 bits per heavy atom. The van der Waals surface area contributed by atoms with Crippen LogP contribution in [0, 0.1) is 5.92 Å². The fourth-order valence-electron chi connectivity index (χ4n) is 2.30. The lowest BCUT2D eigenvalue weighted by atomic mass is 10.0. The molecule has 0 aliphatic heterocycles. The number of hydrogen-bond acceptors (Lipinski definition) is 4. The summed E-state index contributed by atoms with van der Waals surface area (Å²) in [6, 6.07) is 1.98. The predicted molar refractivity (Wildman–Crippen MR) is 92.0 cm³/mol. The van der Waals surface area contributed by atoms with Crippen molar-refractivity contribution in [1.29, 1.82) is 0 Å². The Kier molecular flexibility index (Phi) is 8.79. The minimum absolute atomic E-state index is 0.834. The van der Waals surface area contributed by atoms with E-state index in [9.17, 15) is 0 Å². The van der Waals surface area contributed by atoms with Gasteiger partial charge in [-0.25, -0.2) is 9.97 Å². The van der Waals surface area contributed by atoms with Crippen molar-refractivity contribution in [3.63, 3.8) is 0 Å². The van der Waals surface area contributed by atoms with Crippen LogP contribution in [0.25, 0.3) is 0 Å². The summed E-state index contributed by atoms with van der Waals surface area (Å²) < 4.78 is 0. The van der Waals surface area contributed by atoms with Gasteiger partial charge in [-0.05, 0) is 18.8 Å². The largest absolute Gasteiger partial charge is 0.373 e. The smallest absolute Gasteiger partial charge is 0.133 e. The van der Waals surface area contributed by atoms with Crippen LogP contribution < -0.4 is 10.6 Å². The van der Waals surface area contributed by atoms with Crippen LogP contribution in [0.15, 0.2) is 6.07 Å². The number of hydrogen-bond donors (Lipinski definition) is 2. The molecule has 21 heavy (non-hydrogen) atoms. The van der Waals surface area contributed by atoms with Crippen molar-refractivity contribution in [3.05, 3.63) is 11.9 Å². The SMILES string of the molecule is CCCc1nc(NC)cc(NCCCCCCC(C)C)n1. The molecule has 0 aliphatic rings. The first-order valence-corrected chi connectivity index (χ1v) is 8.45. The lowest BCUT2D eigenvalue weighted by Gasteiger charge is -2.09. The molecular weight excluding hydrogens is 260 g/mol. The van der Waals surface area contributed by atoms with Crippen LogP contribution in [0.4, 0.5) is 11.6 Å². The number of anilines is 2. The maximum atomic E-state index is 4.57. The predicted octanol–water partition coefficient (Wildman–Crippen LogP) is 4.49. The second-order valence-electron chi connectivity index (χ2n) is 6.08. The molecule has 2 N–H and O–H groups in total. The topological polar surface area (TPSA) is 49.8 Å². The molecule has 0 aromatic carbocycles. The highest BCUT2D eigenvalue weighted by atomic mass is 15.1. The van der Waals surface area contributed by atoms with Crippen LogP contribution in [0.3, 0.4) is 0 Å². The summed E-state index contributed by atoms with van der Waals surface area (Å²) in [5, 5.41) is 6.53. The zero-order valence-corrected chi connectivity index (χ0v) is 14.2. The fourth-order valence-corrected chi connectivity index (χ4v) is 2.30. The number of nitrogens with one attached hydrogen (secondary N) is 2. The number of rotatable bonds is 11. The molecule has 1 rings (SSSR count). The summed E-state index contributed by atoms with van der Waals surface area (Å²) in [5.41, 5.74) is 0. The summed E-state index contributed by atoms with van der Waals surface area (Å²) in [7, 11) is 1.90. The molecule has 0 saturated carbocycles. The van der Waals surface area contributed by atoms with Crippen molar-refractivity contribution in [1.82, 2.24) is 9.97 Å². The van der Waals surface area contributed by atoms with Gasteiger partial charge >= 0.3 is 0 Å². The summed E-state index contributed by atoms with van der Waals surface area (Å²) in [6.07, 6.45) is 8.56. The monoisotopic (exact) mass is 292 g/mol. The first-order chi connectivity index (χ1) is 10.2. The average molecular weight is 292 g/mol. The highest BCUT2D eigenvalue weighted by molar-refractivity contribution is 5.47. The van der Waals surface area contributed by atoms with Crippen LogP contribution in [0.2, 0.25) is 0 Å². The molecule has 0 spiro atoms. The Bertz CT molecular complexity index is 390. The van der Waals surface area contributed by atoms with E-state index in [2.05, 4.69) is 41.4 Å². The average Bonchev–Trinajstić information content (AvgIpc) is 2.46. The molecule has 1 aromatic heterocycles. The van der Waals surface area contributed by atoms with Gasteiger partial charge in [-0.3, -0.25) is 0 Å². The third-order valence-corrected chi connectivity index (χ3v) is 3.52. The van der Waals surface area contributed by atoms with E-state index >= 15 is 0 Å². The van der Waals surface area contributed by atoms with Crippen LogP contribution in [0.5, 0.6) is 0 Å². The molecule has 4 heteroatoms. The van der Waals surface area contributed by atoms with E-state index in [0.29, 0.717) is 0 Å². The zero-order valence-electron chi connectivity index (χ0n) is 14.2. The van der Waals surface area contributed by atoms with Gasteiger partial charge in [0.15, 0.2) is 0 Å². The first kappa shape index (κ1) is 17.7. The van der Waals surface area contributed by atoms with Gasteiger partial charge in [0.25, 0.3) is 0 Å². The Morgan fingerprint density at radius 3 is 2.43 bits per heavy atom. The number of aromatic nitrogens is 2. The molecule has 1 aromatic rings. The maximum absolute atomic E-state index is 4.57. The molecule has 120 valence electrons. The Labute approximate surface area is 130 Å². The maximum Gasteiger partial charge on any atom is 0.133 e. The summed E-state index contributed by atoms with van der Waals surface area (Å²) in [6.45, 7) is 7.74. The minimum Gasteiger partial charge on any atom is -0.373 e. The van der Waals surface area contributed by atoms with E-state index in [1.807, 2.05) is 13.1 Å². The van der Waals surface area contributed by atoms with E-state index in [-0.39, 0.29) is 0 Å². The number of nitrogens with zero attached hydrogens (tertiary/aromatic N) is 2. The van der Waals surface area contributed by atoms with E-state index < -0.39 is 0 Å². The molecule has 0 aliphatic carbocycles. The molecule has 0 atom stereocenters. The van der Waals surface area contributed by atoms with E-state index in [1.54, 1.807) is 0 Å². The lowest BCUT2D eigenvalue weighted by molar-refractivity contribution is 0.523. The normalized spacial score (nSPS) is 10.9. The second kappa shape index (κ2) is 10.4. The van der Waals surface area contributed by atoms with Crippen LogP contribution in [-0.2, 0) is 6.42 Å². The van der Waals surface area contributed by atoms with Crippen molar-refractivity contribution in [2.75, 3.05) is 24.2 Å². The van der Waals surface area contributed by atoms with Gasteiger partial charge < -0.3 is 10.6 Å². The molecule has 1 heterocycles. The van der Waals surface area contributed by atoms with Crippen LogP contribution in [-0.4, -0.2) is 23.6 Å². The van der Waals surface area contributed by atoms with Crippen LogP contribution in [0.1, 0.15) is 65.1 Å². The van der Waals surface area contributed by atoms with Gasteiger partial charge in [0.2, 0.25) is 0 Å². The van der Waals surface area contributed by atoms with E-state index in [1.165, 1.54) is 32.1 Å². The van der Waals surface area contributed by atoms with Gasteiger partial charge in [-0.15, -0.1) is 0 Å². The van der Waals surface area contributed by atoms with Gasteiger partial charge in [0, 0.05) is 26.1 Å². The first-order valence-electron chi connectivity index (χ1n) is 8.45. The summed E-state index contributed by atoms with van der Waals surface area (Å²) >= 11 is 0.